The van der Waals surface area contributed by atoms with Crippen LogP contribution in [0.2, 0.25) is 5.02 Å². The molecule has 0 unspecified atom stereocenters. The van der Waals surface area contributed by atoms with Gasteiger partial charge in [0.15, 0.2) is 0 Å². The van der Waals surface area contributed by atoms with E-state index >= 15 is 0 Å². The zero-order chi connectivity index (χ0) is 20.0. The maximum absolute atomic E-state index is 12.2. The van der Waals surface area contributed by atoms with Gasteiger partial charge in [-0.2, -0.15) is 0 Å². The van der Waals surface area contributed by atoms with Gasteiger partial charge in [0.25, 0.3) is 0 Å². The second-order valence-corrected chi connectivity index (χ2v) is 8.09. The van der Waals surface area contributed by atoms with Crippen molar-refractivity contribution in [2.75, 3.05) is 25.5 Å². The van der Waals surface area contributed by atoms with E-state index in [0.29, 0.717) is 10.7 Å². The van der Waals surface area contributed by atoms with Crippen LogP contribution in [0.4, 0.5) is 5.69 Å². The fourth-order valence-corrected chi connectivity index (χ4v) is 3.31. The van der Waals surface area contributed by atoms with Crippen LogP contribution in [0, 0.1) is 6.92 Å². The fraction of sp³-hybridized carbons (Fsp3) is 0.222. The van der Waals surface area contributed by atoms with Crippen molar-refractivity contribution in [1.29, 1.82) is 0 Å². The maximum Gasteiger partial charge on any atom is 0.244 e. The number of amides is 2. The van der Waals surface area contributed by atoms with E-state index in [0.717, 1.165) is 10.5 Å². The quantitative estimate of drug-likeness (QED) is 0.731. The Morgan fingerprint density at radius 3 is 2.33 bits per heavy atom. The normalized spacial score (nSPS) is 11.1. The van der Waals surface area contributed by atoms with Gasteiger partial charge in [0.1, 0.15) is 0 Å². The van der Waals surface area contributed by atoms with Crippen LogP contribution in [0.25, 0.3) is 0 Å². The molecule has 0 bridgehead atoms. The van der Waals surface area contributed by atoms with Gasteiger partial charge in [-0.3, -0.25) is 9.59 Å². The molecule has 0 spiro atoms. The third-order valence-electron chi connectivity index (χ3n) is 3.70. The molecule has 0 aliphatic heterocycles. The number of nitrogens with zero attached hydrogens (tertiary/aromatic N) is 1. The first kappa shape index (κ1) is 20.9. The van der Waals surface area contributed by atoms with Crippen LogP contribution >= 0.6 is 11.6 Å². The first-order valence-corrected chi connectivity index (χ1v) is 9.90. The van der Waals surface area contributed by atoms with E-state index in [1.807, 2.05) is 6.92 Å². The van der Waals surface area contributed by atoms with E-state index in [1.54, 1.807) is 36.4 Å². The molecule has 9 heteroatoms. The number of halogens is 1. The summed E-state index contributed by atoms with van der Waals surface area (Å²) in [5.41, 5.74) is 1.36. The highest BCUT2D eigenvalue weighted by Gasteiger charge is 2.18. The number of hydrogen-bond acceptors (Lipinski definition) is 4. The molecule has 0 atom stereocenters. The molecule has 7 nitrogen and oxygen atoms in total. The van der Waals surface area contributed by atoms with Crippen molar-refractivity contribution in [1.82, 2.24) is 9.62 Å². The Hall–Kier alpha value is -2.42. The zero-order valence-electron chi connectivity index (χ0n) is 14.9. The highest BCUT2D eigenvalue weighted by atomic mass is 35.5. The van der Waals surface area contributed by atoms with Gasteiger partial charge >= 0.3 is 0 Å². The Kier molecular flexibility index (Phi) is 6.95. The van der Waals surface area contributed by atoms with Crippen molar-refractivity contribution in [3.63, 3.8) is 0 Å². The number of anilines is 1. The van der Waals surface area contributed by atoms with Crippen molar-refractivity contribution in [2.45, 2.75) is 11.8 Å². The Morgan fingerprint density at radius 2 is 1.70 bits per heavy atom. The number of benzene rings is 2. The summed E-state index contributed by atoms with van der Waals surface area (Å²) in [5, 5.41) is 2.98. The molecule has 2 aromatic rings. The van der Waals surface area contributed by atoms with E-state index in [2.05, 4.69) is 10.0 Å². The van der Waals surface area contributed by atoms with E-state index in [4.69, 9.17) is 11.6 Å². The molecule has 27 heavy (non-hydrogen) atoms. The lowest BCUT2D eigenvalue weighted by Gasteiger charge is -2.17. The first-order valence-electron chi connectivity index (χ1n) is 8.04. The number of hydrogen-bond donors (Lipinski definition) is 2. The van der Waals surface area contributed by atoms with Crippen LogP contribution < -0.4 is 10.0 Å². The Morgan fingerprint density at radius 1 is 1.07 bits per heavy atom. The fourth-order valence-electron chi connectivity index (χ4n) is 2.15. The molecule has 0 radical (unpaired) electrons. The van der Waals surface area contributed by atoms with Crippen LogP contribution in [0.15, 0.2) is 53.4 Å². The van der Waals surface area contributed by atoms with Gasteiger partial charge in [-0.1, -0.05) is 41.4 Å². The SMILES string of the molecule is Cc1ccc(S(=O)(=O)NCC(=O)N(C)CC(=O)Nc2ccccc2Cl)cc1. The number of nitrogens with one attached hydrogen (secondary N) is 2. The molecular weight excluding hydrogens is 390 g/mol. The molecule has 2 aromatic carbocycles. The third kappa shape index (κ3) is 6.06. The Bertz CT molecular complexity index is 930. The van der Waals surface area contributed by atoms with Crippen LogP contribution in [0.1, 0.15) is 5.56 Å². The maximum atomic E-state index is 12.2. The first-order chi connectivity index (χ1) is 12.7. The summed E-state index contributed by atoms with van der Waals surface area (Å²) in [6.45, 7) is 1.15. The highest BCUT2D eigenvalue weighted by molar-refractivity contribution is 7.89. The van der Waals surface area contributed by atoms with E-state index in [9.17, 15) is 18.0 Å². The lowest BCUT2D eigenvalue weighted by Crippen LogP contribution is -2.41. The van der Waals surface area contributed by atoms with Gasteiger partial charge in [-0.25, -0.2) is 13.1 Å². The number of likely N-dealkylation sites (N-methyl/N-ethyl adjacent to an activating group) is 1. The molecule has 144 valence electrons. The van der Waals surface area contributed by atoms with Crippen molar-refractivity contribution < 1.29 is 18.0 Å². The molecule has 0 aliphatic rings. The van der Waals surface area contributed by atoms with Gasteiger partial charge < -0.3 is 10.2 Å². The molecule has 0 aromatic heterocycles. The molecule has 2 amide bonds. The number of aryl methyl sites for hydroxylation is 1. The molecule has 0 fully saturated rings. The van der Waals surface area contributed by atoms with Gasteiger partial charge in [-0.05, 0) is 31.2 Å². The number of carbonyl (C=O) groups is 2. The standard InChI is InChI=1S/C18H20ClN3O4S/c1-13-7-9-14(10-8-13)27(25,26)20-11-18(24)22(2)12-17(23)21-16-6-4-3-5-15(16)19/h3-10,20H,11-12H2,1-2H3,(H,21,23). The lowest BCUT2D eigenvalue weighted by molar-refractivity contribution is -0.132. The van der Waals surface area contributed by atoms with Crippen molar-refractivity contribution in [3.8, 4) is 0 Å². The molecule has 2 N–H and O–H groups in total. The minimum atomic E-state index is -3.80. The average molecular weight is 410 g/mol. The molecule has 0 heterocycles. The van der Waals surface area contributed by atoms with E-state index < -0.39 is 28.4 Å². The molecular formula is C18H20ClN3O4S. The zero-order valence-corrected chi connectivity index (χ0v) is 16.5. The predicted molar refractivity (Wildman–Crippen MR) is 104 cm³/mol. The molecule has 0 aliphatic carbocycles. The number of rotatable bonds is 7. The van der Waals surface area contributed by atoms with Gasteiger partial charge in [0.05, 0.1) is 28.7 Å². The molecule has 0 saturated heterocycles. The summed E-state index contributed by atoms with van der Waals surface area (Å²) >= 11 is 5.96. The number of carbonyl (C=O) groups excluding carboxylic acids is 2. The van der Waals surface area contributed by atoms with Gasteiger partial charge in [0, 0.05) is 7.05 Å². The van der Waals surface area contributed by atoms with E-state index in [-0.39, 0.29) is 11.4 Å². The van der Waals surface area contributed by atoms with Crippen LogP contribution in [0.3, 0.4) is 0 Å². The van der Waals surface area contributed by atoms with Crippen LogP contribution in [-0.4, -0.2) is 45.3 Å². The average Bonchev–Trinajstić information content (AvgIpc) is 2.62. The third-order valence-corrected chi connectivity index (χ3v) is 5.45. The van der Waals surface area contributed by atoms with Crippen molar-refractivity contribution in [2.24, 2.45) is 0 Å². The highest BCUT2D eigenvalue weighted by Crippen LogP contribution is 2.20. The summed E-state index contributed by atoms with van der Waals surface area (Å²) in [7, 11) is -2.39. The monoisotopic (exact) mass is 409 g/mol. The summed E-state index contributed by atoms with van der Waals surface area (Å²) < 4.78 is 26.6. The van der Waals surface area contributed by atoms with Crippen molar-refractivity contribution >= 4 is 39.1 Å². The second-order valence-electron chi connectivity index (χ2n) is 5.92. The van der Waals surface area contributed by atoms with Crippen molar-refractivity contribution in [3.05, 3.63) is 59.1 Å². The van der Waals surface area contributed by atoms with Crippen LogP contribution in [0.5, 0.6) is 0 Å². The topological polar surface area (TPSA) is 95.6 Å². The smallest absolute Gasteiger partial charge is 0.244 e. The summed E-state index contributed by atoms with van der Waals surface area (Å²) in [4.78, 5) is 25.4. The summed E-state index contributed by atoms with van der Waals surface area (Å²) in [6.07, 6.45) is 0. The van der Waals surface area contributed by atoms with E-state index in [1.165, 1.54) is 19.2 Å². The lowest BCUT2D eigenvalue weighted by atomic mass is 10.2. The molecule has 0 saturated carbocycles. The predicted octanol–water partition coefficient (Wildman–Crippen LogP) is 2.02. The largest absolute Gasteiger partial charge is 0.335 e. The van der Waals surface area contributed by atoms with Gasteiger partial charge in [0.2, 0.25) is 21.8 Å². The minimum absolute atomic E-state index is 0.0695. The number of para-hydroxylation sites is 1. The number of sulfonamides is 1. The van der Waals surface area contributed by atoms with Gasteiger partial charge in [-0.15, -0.1) is 0 Å². The Labute approximate surface area is 163 Å². The minimum Gasteiger partial charge on any atom is -0.335 e. The Balaban J connectivity index is 1.88. The second kappa shape index (κ2) is 8.98. The molecule has 2 rings (SSSR count). The summed E-state index contributed by atoms with van der Waals surface area (Å²) in [5.74, 6) is -0.986. The van der Waals surface area contributed by atoms with Crippen LogP contribution in [-0.2, 0) is 19.6 Å². The summed E-state index contributed by atoms with van der Waals surface area (Å²) in [6, 6.07) is 13.0.